The van der Waals surface area contributed by atoms with Crippen LogP contribution in [0.5, 0.6) is 0 Å². The van der Waals surface area contributed by atoms with E-state index in [4.69, 9.17) is 4.74 Å². The highest BCUT2D eigenvalue weighted by molar-refractivity contribution is 5.93. The molecule has 0 saturated heterocycles. The Hall–Kier alpha value is -1.05. The number of carbonyl (C=O) groups is 1. The van der Waals surface area contributed by atoms with Crippen LogP contribution >= 0.6 is 0 Å². The molecule has 0 aromatic heterocycles. The van der Waals surface area contributed by atoms with Crippen LogP contribution in [-0.4, -0.2) is 12.1 Å². The molecule has 0 spiro atoms. The molecule has 0 amide bonds. The Balaban J connectivity index is 2.40. The van der Waals surface area contributed by atoms with Gasteiger partial charge in [0.25, 0.3) is 0 Å². The lowest BCUT2D eigenvalue weighted by atomic mass is 10.2. The maximum Gasteiger partial charge on any atom is 0.338 e. The zero-order chi connectivity index (χ0) is 9.68. The van der Waals surface area contributed by atoms with Crippen molar-refractivity contribution in [1.82, 2.24) is 0 Å². The van der Waals surface area contributed by atoms with E-state index in [1.165, 1.54) is 12.8 Å². The summed E-state index contributed by atoms with van der Waals surface area (Å²) >= 11 is 0. The number of ether oxygens (including phenoxy) is 1. The molecule has 13 heavy (non-hydrogen) atoms. The summed E-state index contributed by atoms with van der Waals surface area (Å²) in [4.78, 5) is 11.1. The molecular weight excluding hydrogens is 164 g/mol. The quantitative estimate of drug-likeness (QED) is 0.491. The lowest BCUT2D eigenvalue weighted by molar-refractivity contribution is -0.138. The molecule has 2 nitrogen and oxygen atoms in total. The van der Waals surface area contributed by atoms with E-state index in [9.17, 15) is 4.79 Å². The van der Waals surface area contributed by atoms with Gasteiger partial charge in [0.1, 0.15) is 6.10 Å². The predicted molar refractivity (Wildman–Crippen MR) is 52.3 cm³/mol. The van der Waals surface area contributed by atoms with Crippen molar-refractivity contribution in [2.45, 2.75) is 39.2 Å². The molecule has 1 heterocycles. The van der Waals surface area contributed by atoms with E-state index in [0.717, 1.165) is 6.42 Å². The van der Waals surface area contributed by atoms with Crippen molar-refractivity contribution in [2.24, 2.45) is 0 Å². The molecule has 0 N–H and O–H groups in total. The third-order valence-electron chi connectivity index (χ3n) is 1.96. The molecule has 2 heteroatoms. The Kier molecular flexibility index (Phi) is 3.74. The summed E-state index contributed by atoms with van der Waals surface area (Å²) in [6.07, 6.45) is 9.09. The van der Waals surface area contributed by atoms with Crippen molar-refractivity contribution in [3.63, 3.8) is 0 Å². The number of unbranched alkanes of at least 4 members (excludes halogenated alkanes) is 2. The van der Waals surface area contributed by atoms with Crippen LogP contribution < -0.4 is 0 Å². The van der Waals surface area contributed by atoms with E-state index in [0.29, 0.717) is 5.57 Å². The number of rotatable bonds is 4. The second-order valence-corrected chi connectivity index (χ2v) is 3.28. The molecule has 0 aliphatic carbocycles. The van der Waals surface area contributed by atoms with E-state index in [2.05, 4.69) is 6.92 Å². The maximum atomic E-state index is 11.1. The average Bonchev–Trinajstić information content (AvgIpc) is 2.39. The summed E-state index contributed by atoms with van der Waals surface area (Å²) in [5, 5.41) is 0. The molecule has 0 aromatic rings. The Morgan fingerprint density at radius 1 is 1.62 bits per heavy atom. The summed E-state index contributed by atoms with van der Waals surface area (Å²) in [6.45, 7) is 4.02. The molecule has 1 atom stereocenters. The summed E-state index contributed by atoms with van der Waals surface area (Å²) in [6, 6.07) is 0. The normalized spacial score (nSPS) is 22.2. The van der Waals surface area contributed by atoms with Gasteiger partial charge in [-0.05, 0) is 19.4 Å². The van der Waals surface area contributed by atoms with Crippen molar-refractivity contribution in [1.29, 1.82) is 0 Å². The summed E-state index contributed by atoms with van der Waals surface area (Å²) < 4.78 is 4.95. The van der Waals surface area contributed by atoms with Crippen LogP contribution in [0.3, 0.4) is 0 Å². The van der Waals surface area contributed by atoms with Gasteiger partial charge in [0.15, 0.2) is 0 Å². The van der Waals surface area contributed by atoms with Gasteiger partial charge in [-0.3, -0.25) is 0 Å². The van der Waals surface area contributed by atoms with Crippen molar-refractivity contribution in [2.75, 3.05) is 0 Å². The minimum Gasteiger partial charge on any atom is -0.455 e. The highest BCUT2D eigenvalue weighted by atomic mass is 16.5. The monoisotopic (exact) mass is 180 g/mol. The van der Waals surface area contributed by atoms with Crippen LogP contribution in [0.25, 0.3) is 0 Å². The number of hydrogen-bond acceptors (Lipinski definition) is 2. The fourth-order valence-electron chi connectivity index (χ4n) is 1.25. The Morgan fingerprint density at radius 3 is 2.92 bits per heavy atom. The van der Waals surface area contributed by atoms with E-state index in [1.807, 2.05) is 25.2 Å². The molecule has 0 unspecified atom stereocenters. The average molecular weight is 180 g/mol. The van der Waals surface area contributed by atoms with Gasteiger partial charge in [-0.2, -0.15) is 0 Å². The summed E-state index contributed by atoms with van der Waals surface area (Å²) in [5.74, 6) is -0.194. The van der Waals surface area contributed by atoms with Gasteiger partial charge in [-0.25, -0.2) is 4.79 Å². The second kappa shape index (κ2) is 4.85. The third kappa shape index (κ3) is 3.05. The minimum absolute atomic E-state index is 0.0571. The molecule has 0 fully saturated rings. The first kappa shape index (κ1) is 10.0. The van der Waals surface area contributed by atoms with Gasteiger partial charge in [-0.15, -0.1) is 0 Å². The van der Waals surface area contributed by atoms with E-state index in [1.54, 1.807) is 0 Å². The van der Waals surface area contributed by atoms with Gasteiger partial charge in [0.05, 0.1) is 5.57 Å². The predicted octanol–water partition coefficient (Wildman–Crippen LogP) is 2.60. The first-order valence-electron chi connectivity index (χ1n) is 4.83. The smallest absolute Gasteiger partial charge is 0.338 e. The number of cyclic esters (lactones) is 1. The zero-order valence-electron chi connectivity index (χ0n) is 8.25. The molecule has 0 bridgehead atoms. The number of allylic oxidation sites excluding steroid dienone is 1. The number of carbonyl (C=O) groups excluding carboxylic acids is 1. The molecule has 0 aromatic carbocycles. The standard InChI is InChI=1S/C11H16O2/c1-3-4-5-6-7-10-8-9(2)13-11(10)12/h6-9H,3-5H2,1-2H3/t9-/m0/s1. The van der Waals surface area contributed by atoms with Gasteiger partial charge >= 0.3 is 5.97 Å². The van der Waals surface area contributed by atoms with Crippen molar-refractivity contribution < 1.29 is 9.53 Å². The van der Waals surface area contributed by atoms with Crippen LogP contribution in [0, 0.1) is 0 Å². The first-order chi connectivity index (χ1) is 6.24. The topological polar surface area (TPSA) is 26.3 Å². The summed E-state index contributed by atoms with van der Waals surface area (Å²) in [5.41, 5.74) is 0.698. The molecule has 1 rings (SSSR count). The second-order valence-electron chi connectivity index (χ2n) is 3.28. The molecule has 0 radical (unpaired) electrons. The Labute approximate surface area is 79.3 Å². The van der Waals surface area contributed by atoms with E-state index >= 15 is 0 Å². The third-order valence-corrected chi connectivity index (χ3v) is 1.96. The van der Waals surface area contributed by atoms with Crippen molar-refractivity contribution in [3.05, 3.63) is 23.8 Å². The van der Waals surface area contributed by atoms with Gasteiger partial charge in [0, 0.05) is 0 Å². The van der Waals surface area contributed by atoms with Gasteiger partial charge in [-0.1, -0.05) is 31.9 Å². The van der Waals surface area contributed by atoms with E-state index < -0.39 is 0 Å². The molecule has 0 saturated carbocycles. The lowest BCUT2D eigenvalue weighted by Gasteiger charge is -1.96. The Bertz CT molecular complexity index is 238. The largest absolute Gasteiger partial charge is 0.455 e. The summed E-state index contributed by atoms with van der Waals surface area (Å²) in [7, 11) is 0. The van der Waals surface area contributed by atoms with Crippen LogP contribution in [0.4, 0.5) is 0 Å². The molecular formula is C11H16O2. The van der Waals surface area contributed by atoms with Crippen LogP contribution in [0.2, 0.25) is 0 Å². The Morgan fingerprint density at radius 2 is 2.38 bits per heavy atom. The molecule has 1 aliphatic heterocycles. The number of esters is 1. The van der Waals surface area contributed by atoms with Crippen molar-refractivity contribution >= 4 is 5.97 Å². The minimum atomic E-state index is -0.194. The van der Waals surface area contributed by atoms with Crippen LogP contribution in [0.15, 0.2) is 23.8 Å². The van der Waals surface area contributed by atoms with Crippen LogP contribution in [0.1, 0.15) is 33.1 Å². The highest BCUT2D eigenvalue weighted by Crippen LogP contribution is 2.14. The number of hydrogen-bond donors (Lipinski definition) is 0. The van der Waals surface area contributed by atoms with Crippen molar-refractivity contribution in [3.8, 4) is 0 Å². The molecule has 72 valence electrons. The fourth-order valence-corrected chi connectivity index (χ4v) is 1.25. The van der Waals surface area contributed by atoms with Gasteiger partial charge in [0.2, 0.25) is 0 Å². The van der Waals surface area contributed by atoms with Crippen LogP contribution in [-0.2, 0) is 9.53 Å². The van der Waals surface area contributed by atoms with E-state index in [-0.39, 0.29) is 12.1 Å². The SMILES string of the molecule is CCCCC=CC1=C[C@H](C)OC1=O. The fraction of sp³-hybridized carbons (Fsp3) is 0.545. The molecule has 1 aliphatic rings. The first-order valence-corrected chi connectivity index (χ1v) is 4.83. The van der Waals surface area contributed by atoms with Gasteiger partial charge < -0.3 is 4.74 Å². The zero-order valence-corrected chi connectivity index (χ0v) is 8.25. The lowest BCUT2D eigenvalue weighted by Crippen LogP contribution is -2.02. The maximum absolute atomic E-state index is 11.1. The highest BCUT2D eigenvalue weighted by Gasteiger charge is 2.19.